The monoisotopic (exact) mass is 267 g/mol. The lowest BCUT2D eigenvalue weighted by Crippen LogP contribution is -2.62. The molecule has 1 saturated heterocycles. The first kappa shape index (κ1) is 14.0. The van der Waals surface area contributed by atoms with Crippen LogP contribution >= 0.6 is 11.3 Å². The molecule has 2 heterocycles. The van der Waals surface area contributed by atoms with Crippen molar-refractivity contribution < 1.29 is 0 Å². The summed E-state index contributed by atoms with van der Waals surface area (Å²) in [6, 6.07) is 0.645. The van der Waals surface area contributed by atoms with Crippen LogP contribution in [-0.2, 0) is 6.54 Å². The van der Waals surface area contributed by atoms with Crippen molar-refractivity contribution in [2.24, 2.45) is 0 Å². The number of nitrogens with zero attached hydrogens (tertiary/aromatic N) is 2. The molecule has 2 rings (SSSR count). The summed E-state index contributed by atoms with van der Waals surface area (Å²) in [5.74, 6) is 0. The molecule has 0 saturated carbocycles. The standard InChI is InChI=1S/C14H25N3S/c1-5-13-7-15-14(4,6-2)10-17(13)8-12-9-18-11(3)16-12/h9,13,15H,5-8,10H2,1-4H3. The fourth-order valence-corrected chi connectivity index (χ4v) is 3.24. The van der Waals surface area contributed by atoms with Crippen molar-refractivity contribution in [2.75, 3.05) is 13.1 Å². The Morgan fingerprint density at radius 1 is 1.56 bits per heavy atom. The largest absolute Gasteiger partial charge is 0.309 e. The van der Waals surface area contributed by atoms with Crippen molar-refractivity contribution in [3.05, 3.63) is 16.1 Å². The lowest BCUT2D eigenvalue weighted by atomic mass is 9.92. The van der Waals surface area contributed by atoms with Crippen molar-refractivity contribution >= 4 is 11.3 Å². The van der Waals surface area contributed by atoms with E-state index in [4.69, 9.17) is 0 Å². The number of hydrogen-bond acceptors (Lipinski definition) is 4. The van der Waals surface area contributed by atoms with Gasteiger partial charge in [0.15, 0.2) is 0 Å². The topological polar surface area (TPSA) is 28.2 Å². The number of hydrogen-bond donors (Lipinski definition) is 1. The normalized spacial score (nSPS) is 29.7. The predicted octanol–water partition coefficient (Wildman–Crippen LogP) is 2.80. The molecule has 1 aliphatic heterocycles. The molecule has 1 N–H and O–H groups in total. The van der Waals surface area contributed by atoms with E-state index in [1.165, 1.54) is 23.5 Å². The van der Waals surface area contributed by atoms with Crippen LogP contribution in [0.5, 0.6) is 0 Å². The summed E-state index contributed by atoms with van der Waals surface area (Å²) in [7, 11) is 0. The second-order valence-corrected chi connectivity index (χ2v) is 6.68. The molecule has 0 aromatic carbocycles. The summed E-state index contributed by atoms with van der Waals surface area (Å²) >= 11 is 1.75. The average molecular weight is 267 g/mol. The summed E-state index contributed by atoms with van der Waals surface area (Å²) in [6.07, 6.45) is 2.38. The van der Waals surface area contributed by atoms with Gasteiger partial charge in [-0.1, -0.05) is 13.8 Å². The molecule has 18 heavy (non-hydrogen) atoms. The first-order valence-electron chi connectivity index (χ1n) is 6.96. The highest BCUT2D eigenvalue weighted by molar-refractivity contribution is 7.09. The van der Waals surface area contributed by atoms with Crippen LogP contribution in [0.25, 0.3) is 0 Å². The first-order chi connectivity index (χ1) is 8.56. The Morgan fingerprint density at radius 2 is 2.33 bits per heavy atom. The predicted molar refractivity (Wildman–Crippen MR) is 78.0 cm³/mol. The Balaban J connectivity index is 2.06. The van der Waals surface area contributed by atoms with Crippen molar-refractivity contribution in [3.63, 3.8) is 0 Å². The van der Waals surface area contributed by atoms with Gasteiger partial charge in [0.05, 0.1) is 10.7 Å². The minimum atomic E-state index is 0.261. The van der Waals surface area contributed by atoms with E-state index < -0.39 is 0 Å². The van der Waals surface area contributed by atoms with Gasteiger partial charge in [0.1, 0.15) is 0 Å². The van der Waals surface area contributed by atoms with Gasteiger partial charge in [-0.2, -0.15) is 0 Å². The fourth-order valence-electron chi connectivity index (χ4n) is 2.64. The maximum atomic E-state index is 4.60. The van der Waals surface area contributed by atoms with E-state index in [-0.39, 0.29) is 5.54 Å². The highest BCUT2D eigenvalue weighted by atomic mass is 32.1. The lowest BCUT2D eigenvalue weighted by Gasteiger charge is -2.45. The van der Waals surface area contributed by atoms with E-state index in [1.54, 1.807) is 11.3 Å². The summed E-state index contributed by atoms with van der Waals surface area (Å²) < 4.78 is 0. The van der Waals surface area contributed by atoms with Crippen LogP contribution in [0.2, 0.25) is 0 Å². The van der Waals surface area contributed by atoms with Gasteiger partial charge in [-0.15, -0.1) is 11.3 Å². The highest BCUT2D eigenvalue weighted by Crippen LogP contribution is 2.22. The van der Waals surface area contributed by atoms with Crippen molar-refractivity contribution in [1.29, 1.82) is 0 Å². The second kappa shape index (κ2) is 5.68. The van der Waals surface area contributed by atoms with Crippen LogP contribution in [0.3, 0.4) is 0 Å². The molecular weight excluding hydrogens is 242 g/mol. The maximum Gasteiger partial charge on any atom is 0.0897 e. The Bertz CT molecular complexity index is 390. The Labute approximate surface area is 115 Å². The van der Waals surface area contributed by atoms with E-state index >= 15 is 0 Å². The summed E-state index contributed by atoms with van der Waals surface area (Å²) in [5, 5.41) is 7.08. The van der Waals surface area contributed by atoms with Gasteiger partial charge in [0, 0.05) is 36.6 Å². The zero-order valence-electron chi connectivity index (χ0n) is 12.0. The van der Waals surface area contributed by atoms with E-state index in [9.17, 15) is 0 Å². The summed E-state index contributed by atoms with van der Waals surface area (Å²) in [6.45, 7) is 12.2. The van der Waals surface area contributed by atoms with Gasteiger partial charge in [-0.25, -0.2) is 4.98 Å². The third-order valence-electron chi connectivity index (χ3n) is 4.12. The summed E-state index contributed by atoms with van der Waals surface area (Å²) in [5.41, 5.74) is 1.49. The van der Waals surface area contributed by atoms with Crippen LogP contribution in [0.1, 0.15) is 44.3 Å². The maximum absolute atomic E-state index is 4.60. The number of aryl methyl sites for hydroxylation is 1. The van der Waals surface area contributed by atoms with E-state index in [2.05, 4.69) is 48.3 Å². The third-order valence-corrected chi connectivity index (χ3v) is 4.94. The molecule has 1 aromatic heterocycles. The smallest absolute Gasteiger partial charge is 0.0897 e. The number of aromatic nitrogens is 1. The number of rotatable bonds is 4. The SMILES string of the molecule is CCC1CNC(C)(CC)CN1Cc1csc(C)n1. The molecule has 2 atom stereocenters. The quantitative estimate of drug-likeness (QED) is 0.909. The Kier molecular flexibility index (Phi) is 4.41. The van der Waals surface area contributed by atoms with Gasteiger partial charge in [0.2, 0.25) is 0 Å². The van der Waals surface area contributed by atoms with Crippen LogP contribution in [0.4, 0.5) is 0 Å². The molecular formula is C14H25N3S. The van der Waals surface area contributed by atoms with Crippen LogP contribution in [-0.4, -0.2) is 34.6 Å². The fraction of sp³-hybridized carbons (Fsp3) is 0.786. The molecule has 1 aromatic rings. The molecule has 3 nitrogen and oxygen atoms in total. The molecule has 0 spiro atoms. The number of nitrogens with one attached hydrogen (secondary N) is 1. The van der Waals surface area contributed by atoms with Gasteiger partial charge >= 0.3 is 0 Å². The molecule has 0 radical (unpaired) electrons. The highest BCUT2D eigenvalue weighted by Gasteiger charge is 2.33. The molecule has 1 fully saturated rings. The third kappa shape index (κ3) is 3.11. The molecule has 102 valence electrons. The van der Waals surface area contributed by atoms with Gasteiger partial charge in [-0.3, -0.25) is 4.90 Å². The average Bonchev–Trinajstić information content (AvgIpc) is 2.75. The van der Waals surface area contributed by atoms with Crippen LogP contribution in [0, 0.1) is 6.92 Å². The first-order valence-corrected chi connectivity index (χ1v) is 7.84. The van der Waals surface area contributed by atoms with E-state index in [0.29, 0.717) is 6.04 Å². The molecule has 1 aliphatic rings. The zero-order valence-corrected chi connectivity index (χ0v) is 12.8. The van der Waals surface area contributed by atoms with Gasteiger partial charge < -0.3 is 5.32 Å². The van der Waals surface area contributed by atoms with Crippen molar-refractivity contribution in [3.8, 4) is 0 Å². The van der Waals surface area contributed by atoms with E-state index in [0.717, 1.165) is 19.6 Å². The summed E-state index contributed by atoms with van der Waals surface area (Å²) in [4.78, 5) is 7.21. The molecule has 0 aliphatic carbocycles. The van der Waals surface area contributed by atoms with Crippen molar-refractivity contribution in [1.82, 2.24) is 15.2 Å². The minimum absolute atomic E-state index is 0.261. The Morgan fingerprint density at radius 3 is 2.89 bits per heavy atom. The van der Waals surface area contributed by atoms with Gasteiger partial charge in [-0.05, 0) is 26.7 Å². The van der Waals surface area contributed by atoms with Crippen LogP contribution in [0.15, 0.2) is 5.38 Å². The lowest BCUT2D eigenvalue weighted by molar-refractivity contribution is 0.0745. The second-order valence-electron chi connectivity index (χ2n) is 5.62. The zero-order chi connectivity index (χ0) is 13.2. The van der Waals surface area contributed by atoms with E-state index in [1.807, 2.05) is 0 Å². The molecule has 2 unspecified atom stereocenters. The minimum Gasteiger partial charge on any atom is -0.309 e. The van der Waals surface area contributed by atoms with Gasteiger partial charge in [0.25, 0.3) is 0 Å². The Hall–Kier alpha value is -0.450. The number of thiazole rings is 1. The number of piperazine rings is 1. The van der Waals surface area contributed by atoms with Crippen molar-refractivity contribution in [2.45, 2.75) is 58.7 Å². The van der Waals surface area contributed by atoms with Crippen LogP contribution < -0.4 is 5.32 Å². The molecule has 4 heteroatoms. The molecule has 0 bridgehead atoms. The molecule has 0 amide bonds.